The molecule has 2 rings (SSSR count). The Kier molecular flexibility index (Phi) is 3.58. The maximum absolute atomic E-state index is 12.4. The van der Waals surface area contributed by atoms with E-state index in [0.717, 1.165) is 12.8 Å². The summed E-state index contributed by atoms with van der Waals surface area (Å²) in [5, 5.41) is 8.87. The quantitative estimate of drug-likeness (QED) is 0.899. The average molecular weight is 277 g/mol. The molecule has 7 heteroatoms. The van der Waals surface area contributed by atoms with Crippen LogP contribution in [0.25, 0.3) is 0 Å². The predicted octanol–water partition coefficient (Wildman–Crippen LogP) is 2.81. The molecule has 0 saturated heterocycles. The molecule has 19 heavy (non-hydrogen) atoms. The highest BCUT2D eigenvalue weighted by molar-refractivity contribution is 5.88. The fourth-order valence-corrected chi connectivity index (χ4v) is 2.02. The van der Waals surface area contributed by atoms with Crippen LogP contribution in [0.5, 0.6) is 0 Å². The van der Waals surface area contributed by atoms with Crippen molar-refractivity contribution in [2.24, 2.45) is 0 Å². The van der Waals surface area contributed by atoms with E-state index in [-0.39, 0.29) is 29.7 Å². The van der Waals surface area contributed by atoms with Crippen molar-refractivity contribution in [2.45, 2.75) is 38.5 Å². The third-order valence-electron chi connectivity index (χ3n) is 3.00. The van der Waals surface area contributed by atoms with Crippen LogP contribution in [0.3, 0.4) is 0 Å². The number of furan rings is 1. The summed E-state index contributed by atoms with van der Waals surface area (Å²) in [6, 6.07) is 1.21. The molecule has 0 aromatic carbocycles. The van der Waals surface area contributed by atoms with Gasteiger partial charge in [0.15, 0.2) is 0 Å². The number of nitrogens with zero attached hydrogens (tertiary/aromatic N) is 1. The van der Waals surface area contributed by atoms with Crippen molar-refractivity contribution in [1.29, 1.82) is 0 Å². The van der Waals surface area contributed by atoms with Gasteiger partial charge < -0.3 is 9.52 Å². The molecule has 0 aliphatic heterocycles. The molecule has 1 fully saturated rings. The van der Waals surface area contributed by atoms with Gasteiger partial charge in [0.1, 0.15) is 17.1 Å². The van der Waals surface area contributed by atoms with Crippen LogP contribution in [-0.4, -0.2) is 34.7 Å². The smallest absolute Gasteiger partial charge is 0.401 e. The van der Waals surface area contributed by atoms with Crippen LogP contribution in [0.2, 0.25) is 0 Å². The summed E-state index contributed by atoms with van der Waals surface area (Å²) in [5.74, 6) is -0.669. The summed E-state index contributed by atoms with van der Waals surface area (Å²) < 4.78 is 42.5. The zero-order chi connectivity index (χ0) is 14.2. The first kappa shape index (κ1) is 13.9. The summed E-state index contributed by atoms with van der Waals surface area (Å²) >= 11 is 0. The van der Waals surface area contributed by atoms with Gasteiger partial charge in [0.25, 0.3) is 0 Å². The first-order chi connectivity index (χ1) is 8.76. The van der Waals surface area contributed by atoms with Gasteiger partial charge in [-0.05, 0) is 25.8 Å². The molecular formula is C12H14F3NO3. The topological polar surface area (TPSA) is 53.7 Å². The van der Waals surface area contributed by atoms with Crippen LogP contribution in [0.1, 0.15) is 34.7 Å². The Balaban J connectivity index is 2.09. The summed E-state index contributed by atoms with van der Waals surface area (Å²) in [4.78, 5) is 12.1. The molecule has 1 aliphatic carbocycles. The number of carboxylic acid groups (broad SMARTS) is 1. The maximum atomic E-state index is 12.4. The van der Waals surface area contributed by atoms with Gasteiger partial charge in [-0.3, -0.25) is 4.90 Å². The van der Waals surface area contributed by atoms with Crippen molar-refractivity contribution in [3.8, 4) is 0 Å². The number of hydrogen-bond donors (Lipinski definition) is 1. The lowest BCUT2D eigenvalue weighted by molar-refractivity contribution is -0.148. The molecule has 0 bridgehead atoms. The molecule has 0 unspecified atom stereocenters. The minimum absolute atomic E-state index is 0.00208. The van der Waals surface area contributed by atoms with E-state index in [2.05, 4.69) is 0 Å². The van der Waals surface area contributed by atoms with Gasteiger partial charge in [-0.2, -0.15) is 13.2 Å². The van der Waals surface area contributed by atoms with Crippen molar-refractivity contribution >= 4 is 5.97 Å². The van der Waals surface area contributed by atoms with Crippen molar-refractivity contribution in [3.05, 3.63) is 23.2 Å². The second kappa shape index (κ2) is 4.88. The van der Waals surface area contributed by atoms with Crippen LogP contribution in [-0.2, 0) is 6.54 Å². The Morgan fingerprint density at radius 3 is 2.58 bits per heavy atom. The highest BCUT2D eigenvalue weighted by Gasteiger charge is 2.38. The van der Waals surface area contributed by atoms with E-state index >= 15 is 0 Å². The monoisotopic (exact) mass is 277 g/mol. The molecule has 1 saturated carbocycles. The number of carbonyl (C=O) groups is 1. The van der Waals surface area contributed by atoms with E-state index in [1.165, 1.54) is 17.9 Å². The molecule has 1 N–H and O–H groups in total. The molecule has 0 amide bonds. The number of carboxylic acids is 1. The van der Waals surface area contributed by atoms with E-state index < -0.39 is 18.7 Å². The highest BCUT2D eigenvalue weighted by atomic mass is 19.4. The normalized spacial score (nSPS) is 16.1. The number of aromatic carboxylic acids is 1. The molecule has 0 radical (unpaired) electrons. The van der Waals surface area contributed by atoms with Gasteiger partial charge in [-0.25, -0.2) is 4.79 Å². The first-order valence-electron chi connectivity index (χ1n) is 5.89. The Bertz CT molecular complexity index is 477. The average Bonchev–Trinajstić information content (AvgIpc) is 3.00. The second-order valence-corrected chi connectivity index (χ2v) is 4.74. The lowest BCUT2D eigenvalue weighted by Gasteiger charge is -2.22. The summed E-state index contributed by atoms with van der Waals surface area (Å²) in [6.07, 6.45) is -2.79. The fraction of sp³-hybridized carbons (Fsp3) is 0.583. The van der Waals surface area contributed by atoms with Crippen LogP contribution >= 0.6 is 0 Å². The van der Waals surface area contributed by atoms with Gasteiger partial charge in [-0.15, -0.1) is 0 Å². The van der Waals surface area contributed by atoms with Crippen molar-refractivity contribution < 1.29 is 27.5 Å². The Morgan fingerprint density at radius 1 is 1.53 bits per heavy atom. The molecule has 106 valence electrons. The van der Waals surface area contributed by atoms with E-state index in [0.29, 0.717) is 0 Å². The largest absolute Gasteiger partial charge is 0.478 e. The number of aryl methyl sites for hydroxylation is 1. The van der Waals surface area contributed by atoms with E-state index in [1.807, 2.05) is 0 Å². The zero-order valence-electron chi connectivity index (χ0n) is 10.3. The standard InChI is InChI=1S/C12H14F3NO3/c1-7-10(11(17)18)4-9(19-7)5-16(8-2-3-8)6-12(13,14)15/h4,8H,2-3,5-6H2,1H3,(H,17,18). The highest BCUT2D eigenvalue weighted by Crippen LogP contribution is 2.32. The minimum atomic E-state index is -4.26. The van der Waals surface area contributed by atoms with Gasteiger partial charge in [-0.1, -0.05) is 0 Å². The summed E-state index contributed by atoms with van der Waals surface area (Å²) in [6.45, 7) is 0.469. The Hall–Kier alpha value is -1.50. The number of rotatable bonds is 5. The second-order valence-electron chi connectivity index (χ2n) is 4.74. The fourth-order valence-electron chi connectivity index (χ4n) is 2.02. The molecule has 1 aromatic heterocycles. The third kappa shape index (κ3) is 3.73. The molecule has 0 spiro atoms. The molecule has 1 heterocycles. The number of halogens is 3. The first-order valence-corrected chi connectivity index (χ1v) is 5.89. The van der Waals surface area contributed by atoms with Crippen LogP contribution in [0.4, 0.5) is 13.2 Å². The van der Waals surface area contributed by atoms with Gasteiger partial charge in [0, 0.05) is 6.04 Å². The van der Waals surface area contributed by atoms with Crippen LogP contribution in [0.15, 0.2) is 10.5 Å². The van der Waals surface area contributed by atoms with E-state index in [1.54, 1.807) is 0 Å². The zero-order valence-corrected chi connectivity index (χ0v) is 10.3. The summed E-state index contributed by atoms with van der Waals surface area (Å²) in [5.41, 5.74) is -0.00208. The number of hydrogen-bond acceptors (Lipinski definition) is 3. The van der Waals surface area contributed by atoms with E-state index in [9.17, 15) is 18.0 Å². The predicted molar refractivity (Wildman–Crippen MR) is 59.9 cm³/mol. The van der Waals surface area contributed by atoms with Crippen molar-refractivity contribution in [2.75, 3.05) is 6.54 Å². The summed E-state index contributed by atoms with van der Waals surface area (Å²) in [7, 11) is 0. The third-order valence-corrected chi connectivity index (χ3v) is 3.00. The minimum Gasteiger partial charge on any atom is -0.478 e. The van der Waals surface area contributed by atoms with Crippen molar-refractivity contribution in [3.63, 3.8) is 0 Å². The van der Waals surface area contributed by atoms with Crippen molar-refractivity contribution in [1.82, 2.24) is 4.90 Å². The SMILES string of the molecule is Cc1oc(CN(CC(F)(F)F)C2CC2)cc1C(=O)O. The van der Waals surface area contributed by atoms with Crippen LogP contribution in [0, 0.1) is 6.92 Å². The van der Waals surface area contributed by atoms with Crippen LogP contribution < -0.4 is 0 Å². The lowest BCUT2D eigenvalue weighted by Crippen LogP contribution is -2.35. The molecular weight excluding hydrogens is 263 g/mol. The molecule has 0 atom stereocenters. The lowest BCUT2D eigenvalue weighted by atomic mass is 10.2. The van der Waals surface area contributed by atoms with E-state index in [4.69, 9.17) is 9.52 Å². The number of alkyl halides is 3. The Morgan fingerprint density at radius 2 is 2.16 bits per heavy atom. The molecule has 4 nitrogen and oxygen atoms in total. The van der Waals surface area contributed by atoms with Gasteiger partial charge in [0.05, 0.1) is 13.1 Å². The van der Waals surface area contributed by atoms with Gasteiger partial charge in [0.2, 0.25) is 0 Å². The Labute approximate surface area is 107 Å². The maximum Gasteiger partial charge on any atom is 0.401 e. The molecule has 1 aromatic rings. The molecule has 1 aliphatic rings. The van der Waals surface area contributed by atoms with Gasteiger partial charge >= 0.3 is 12.1 Å².